The molecule has 1 aromatic heterocycles. The Bertz CT molecular complexity index is 754. The summed E-state index contributed by atoms with van der Waals surface area (Å²) in [6.07, 6.45) is 9.51. The van der Waals surface area contributed by atoms with Crippen molar-refractivity contribution in [2.75, 3.05) is 0 Å². The van der Waals surface area contributed by atoms with Gasteiger partial charge in [0.25, 0.3) is 5.91 Å². The van der Waals surface area contributed by atoms with Gasteiger partial charge in [-0.1, -0.05) is 18.2 Å². The second-order valence-corrected chi connectivity index (χ2v) is 5.42. The van der Waals surface area contributed by atoms with Gasteiger partial charge in [0, 0.05) is 30.6 Å². The molecule has 1 aliphatic carbocycles. The molecule has 7 nitrogen and oxygen atoms in total. The van der Waals surface area contributed by atoms with Gasteiger partial charge in [0.1, 0.15) is 11.8 Å². The quantitative estimate of drug-likeness (QED) is 0.855. The number of aryl methyl sites for hydroxylation is 1. The van der Waals surface area contributed by atoms with Crippen LogP contribution in [0.2, 0.25) is 0 Å². The second kappa shape index (κ2) is 6.51. The molecule has 0 saturated heterocycles. The highest BCUT2D eigenvalue weighted by Crippen LogP contribution is 2.17. The van der Waals surface area contributed by atoms with Gasteiger partial charge < -0.3 is 5.32 Å². The molecule has 3 rings (SSSR count). The van der Waals surface area contributed by atoms with Crippen LogP contribution in [-0.4, -0.2) is 33.6 Å². The summed E-state index contributed by atoms with van der Waals surface area (Å²) in [5.74, 6) is -0.292. The number of amidine groups is 1. The van der Waals surface area contributed by atoms with E-state index in [1.165, 1.54) is 0 Å². The number of nitrogens with zero attached hydrogens (tertiary/aromatic N) is 3. The van der Waals surface area contributed by atoms with E-state index in [1.807, 2.05) is 19.1 Å². The van der Waals surface area contributed by atoms with Crippen molar-refractivity contribution in [2.24, 2.45) is 15.9 Å². The van der Waals surface area contributed by atoms with Crippen LogP contribution in [0, 0.1) is 12.8 Å². The molecule has 0 spiro atoms. The number of amides is 2. The maximum absolute atomic E-state index is 11.9. The lowest BCUT2D eigenvalue weighted by Crippen LogP contribution is -2.28. The van der Waals surface area contributed by atoms with Crippen molar-refractivity contribution in [3.05, 3.63) is 41.8 Å². The number of aromatic nitrogens is 2. The maximum atomic E-state index is 11.9. The highest BCUT2D eigenvalue weighted by Gasteiger charge is 2.26. The molecular weight excluding hydrogens is 294 g/mol. The smallest absolute Gasteiger partial charge is 0.260 e. The zero-order valence-corrected chi connectivity index (χ0v) is 12.7. The van der Waals surface area contributed by atoms with E-state index in [0.717, 1.165) is 11.3 Å². The van der Waals surface area contributed by atoms with Crippen molar-refractivity contribution in [1.29, 1.82) is 0 Å². The summed E-state index contributed by atoms with van der Waals surface area (Å²) < 4.78 is 0. The van der Waals surface area contributed by atoms with Crippen LogP contribution in [0.3, 0.4) is 0 Å². The van der Waals surface area contributed by atoms with E-state index in [4.69, 9.17) is 0 Å². The third kappa shape index (κ3) is 3.50. The van der Waals surface area contributed by atoms with Crippen molar-refractivity contribution in [2.45, 2.75) is 26.3 Å². The maximum Gasteiger partial charge on any atom is 0.260 e. The van der Waals surface area contributed by atoms with E-state index >= 15 is 0 Å². The van der Waals surface area contributed by atoms with Crippen LogP contribution in [0.15, 0.2) is 40.5 Å². The SMILES string of the molecule is Cc1[nH]ncc1CNC(=O)CCC1=NC(=O)C2C=CC=CC2=N1. The Labute approximate surface area is 133 Å². The fraction of sp³-hybridized carbons (Fsp3) is 0.312. The second-order valence-electron chi connectivity index (χ2n) is 5.42. The Morgan fingerprint density at radius 2 is 2.22 bits per heavy atom. The Balaban J connectivity index is 1.52. The molecule has 1 unspecified atom stereocenters. The normalized spacial score (nSPS) is 19.2. The van der Waals surface area contributed by atoms with Crippen LogP contribution < -0.4 is 5.32 Å². The van der Waals surface area contributed by atoms with Gasteiger partial charge in [-0.15, -0.1) is 0 Å². The summed E-state index contributed by atoms with van der Waals surface area (Å²) in [6.45, 7) is 2.33. The first-order chi connectivity index (χ1) is 11.1. The van der Waals surface area contributed by atoms with Gasteiger partial charge in [0.15, 0.2) is 0 Å². The summed E-state index contributed by atoms with van der Waals surface area (Å²) in [4.78, 5) is 32.2. The molecule has 7 heteroatoms. The number of nitrogens with one attached hydrogen (secondary N) is 2. The Kier molecular flexibility index (Phi) is 4.27. The minimum absolute atomic E-state index is 0.109. The van der Waals surface area contributed by atoms with E-state index in [1.54, 1.807) is 18.3 Å². The van der Waals surface area contributed by atoms with Crippen LogP contribution >= 0.6 is 0 Å². The molecule has 2 aliphatic rings. The lowest BCUT2D eigenvalue weighted by Gasteiger charge is -2.17. The fourth-order valence-electron chi connectivity index (χ4n) is 2.39. The van der Waals surface area contributed by atoms with Crippen LogP contribution in [0.4, 0.5) is 0 Å². The van der Waals surface area contributed by atoms with Gasteiger partial charge in [0.05, 0.1) is 11.9 Å². The van der Waals surface area contributed by atoms with Crippen molar-refractivity contribution in [1.82, 2.24) is 15.5 Å². The molecule has 2 amide bonds. The molecule has 0 radical (unpaired) electrons. The number of hydrogen-bond donors (Lipinski definition) is 2. The first-order valence-corrected chi connectivity index (χ1v) is 7.44. The predicted molar refractivity (Wildman–Crippen MR) is 86.1 cm³/mol. The standard InChI is InChI=1S/C16H17N5O2/c1-10-11(9-18-21-10)8-17-15(22)7-6-14-19-13-5-3-2-4-12(13)16(23)20-14/h2-5,9,12H,6-8H2,1H3,(H,17,22)(H,18,21). The fourth-order valence-corrected chi connectivity index (χ4v) is 2.39. The molecule has 118 valence electrons. The summed E-state index contributed by atoms with van der Waals surface area (Å²) in [5.41, 5.74) is 2.57. The molecule has 2 N–H and O–H groups in total. The lowest BCUT2D eigenvalue weighted by molar-refractivity contribution is -0.121. The molecular formula is C16H17N5O2. The first-order valence-electron chi connectivity index (χ1n) is 7.44. The number of fused-ring (bicyclic) bond motifs is 1. The van der Waals surface area contributed by atoms with Crippen molar-refractivity contribution in [3.63, 3.8) is 0 Å². The predicted octanol–water partition coefficient (Wildman–Crippen LogP) is 1.24. The van der Waals surface area contributed by atoms with Crippen LogP contribution in [0.1, 0.15) is 24.1 Å². The molecule has 1 aliphatic heterocycles. The summed E-state index contributed by atoms with van der Waals surface area (Å²) in [5, 5.41) is 9.54. The van der Waals surface area contributed by atoms with Crippen LogP contribution in [0.25, 0.3) is 0 Å². The largest absolute Gasteiger partial charge is 0.352 e. The lowest BCUT2D eigenvalue weighted by atomic mass is 9.96. The molecule has 23 heavy (non-hydrogen) atoms. The molecule has 1 aromatic rings. The number of carbonyl (C=O) groups is 2. The average Bonchev–Trinajstić information content (AvgIpc) is 2.96. The van der Waals surface area contributed by atoms with E-state index < -0.39 is 0 Å². The van der Waals surface area contributed by atoms with E-state index in [-0.39, 0.29) is 24.2 Å². The Hall–Kier alpha value is -2.83. The third-order valence-corrected chi connectivity index (χ3v) is 3.75. The molecule has 0 saturated carbocycles. The van der Waals surface area contributed by atoms with E-state index in [9.17, 15) is 9.59 Å². The average molecular weight is 311 g/mol. The highest BCUT2D eigenvalue weighted by molar-refractivity contribution is 6.21. The molecule has 1 atom stereocenters. The van der Waals surface area contributed by atoms with Gasteiger partial charge in [0.2, 0.25) is 5.91 Å². The van der Waals surface area contributed by atoms with E-state index in [0.29, 0.717) is 24.5 Å². The molecule has 0 fully saturated rings. The number of H-pyrrole nitrogens is 1. The van der Waals surface area contributed by atoms with Gasteiger partial charge in [-0.05, 0) is 13.0 Å². The highest BCUT2D eigenvalue weighted by atomic mass is 16.2. The number of allylic oxidation sites excluding steroid dienone is 3. The Morgan fingerprint density at radius 1 is 1.35 bits per heavy atom. The van der Waals surface area contributed by atoms with Crippen molar-refractivity contribution in [3.8, 4) is 0 Å². The monoisotopic (exact) mass is 311 g/mol. The molecule has 0 bridgehead atoms. The van der Waals surface area contributed by atoms with Crippen molar-refractivity contribution >= 4 is 23.4 Å². The number of hydrogen-bond acceptors (Lipinski definition) is 4. The van der Waals surface area contributed by atoms with Gasteiger partial charge in [-0.3, -0.25) is 14.7 Å². The molecule has 0 aromatic carbocycles. The minimum Gasteiger partial charge on any atom is -0.352 e. The van der Waals surface area contributed by atoms with Crippen molar-refractivity contribution < 1.29 is 9.59 Å². The first kappa shape index (κ1) is 15.1. The summed E-state index contributed by atoms with van der Waals surface area (Å²) >= 11 is 0. The zero-order chi connectivity index (χ0) is 16.2. The van der Waals surface area contributed by atoms with E-state index in [2.05, 4.69) is 25.5 Å². The summed E-state index contributed by atoms with van der Waals surface area (Å²) in [7, 11) is 0. The molecule has 2 heterocycles. The van der Waals surface area contributed by atoms with Gasteiger partial charge >= 0.3 is 0 Å². The third-order valence-electron chi connectivity index (χ3n) is 3.75. The number of aromatic amines is 1. The number of aliphatic imine (C=N–C) groups is 2. The zero-order valence-electron chi connectivity index (χ0n) is 12.7. The minimum atomic E-state index is -0.373. The topological polar surface area (TPSA) is 99.6 Å². The number of rotatable bonds is 5. The Morgan fingerprint density at radius 3 is 3.00 bits per heavy atom. The van der Waals surface area contributed by atoms with Crippen LogP contribution in [-0.2, 0) is 16.1 Å². The van der Waals surface area contributed by atoms with Gasteiger partial charge in [-0.25, -0.2) is 4.99 Å². The number of carbonyl (C=O) groups excluding carboxylic acids is 2. The van der Waals surface area contributed by atoms with Crippen LogP contribution in [0.5, 0.6) is 0 Å². The summed E-state index contributed by atoms with van der Waals surface area (Å²) in [6, 6.07) is 0. The van der Waals surface area contributed by atoms with Gasteiger partial charge in [-0.2, -0.15) is 10.1 Å².